The molecule has 0 aromatic carbocycles. The highest BCUT2D eigenvalue weighted by Crippen LogP contribution is 2.08. The summed E-state index contributed by atoms with van der Waals surface area (Å²) in [6, 6.07) is -0.305. The maximum Gasteiger partial charge on any atom is 0.0625 e. The standard InChI is InChI=1S/C9H17N3O/c1-7(2)4-12-5-8(3-11-12)9(10)6-13/h3,5,7,9,13H,4,6,10H2,1-2H3/t9-/m0/s1. The molecule has 1 aromatic heterocycles. The highest BCUT2D eigenvalue weighted by atomic mass is 16.3. The van der Waals surface area contributed by atoms with Crippen LogP contribution in [-0.4, -0.2) is 21.5 Å². The lowest BCUT2D eigenvalue weighted by molar-refractivity contribution is 0.268. The van der Waals surface area contributed by atoms with Gasteiger partial charge >= 0.3 is 0 Å². The Hall–Kier alpha value is -0.870. The van der Waals surface area contributed by atoms with E-state index in [9.17, 15) is 0 Å². The Morgan fingerprint density at radius 3 is 2.85 bits per heavy atom. The van der Waals surface area contributed by atoms with Crippen molar-refractivity contribution in [2.45, 2.75) is 26.4 Å². The molecule has 0 aliphatic carbocycles. The van der Waals surface area contributed by atoms with Crippen molar-refractivity contribution in [3.05, 3.63) is 18.0 Å². The normalized spacial score (nSPS) is 13.6. The molecule has 0 bridgehead atoms. The topological polar surface area (TPSA) is 64.1 Å². The van der Waals surface area contributed by atoms with Crippen LogP contribution < -0.4 is 5.73 Å². The fraction of sp³-hybridized carbons (Fsp3) is 0.667. The summed E-state index contributed by atoms with van der Waals surface area (Å²) in [5.74, 6) is 0.568. The zero-order valence-electron chi connectivity index (χ0n) is 8.14. The molecule has 0 saturated carbocycles. The molecule has 3 N–H and O–H groups in total. The summed E-state index contributed by atoms with van der Waals surface area (Å²) in [6.07, 6.45) is 3.60. The van der Waals surface area contributed by atoms with Gasteiger partial charge in [0.1, 0.15) is 0 Å². The van der Waals surface area contributed by atoms with Gasteiger partial charge in [-0.15, -0.1) is 0 Å². The summed E-state index contributed by atoms with van der Waals surface area (Å²) in [6.45, 7) is 5.12. The van der Waals surface area contributed by atoms with Crippen molar-refractivity contribution in [3.8, 4) is 0 Å². The molecule has 0 amide bonds. The molecule has 1 atom stereocenters. The molecular weight excluding hydrogens is 166 g/mol. The number of aromatic nitrogens is 2. The maximum atomic E-state index is 8.82. The molecule has 1 rings (SSSR count). The number of rotatable bonds is 4. The Bertz CT molecular complexity index is 257. The molecule has 1 aromatic rings. The minimum Gasteiger partial charge on any atom is -0.394 e. The van der Waals surface area contributed by atoms with Crippen molar-refractivity contribution in [2.75, 3.05) is 6.61 Å². The van der Waals surface area contributed by atoms with Crippen molar-refractivity contribution in [2.24, 2.45) is 11.7 Å². The third-order valence-corrected chi connectivity index (χ3v) is 1.83. The SMILES string of the molecule is CC(C)Cn1cc([C@@H](N)CO)cn1. The van der Waals surface area contributed by atoms with Crippen molar-refractivity contribution in [3.63, 3.8) is 0 Å². The van der Waals surface area contributed by atoms with Crippen LogP contribution in [0.15, 0.2) is 12.4 Å². The first-order valence-electron chi connectivity index (χ1n) is 4.52. The van der Waals surface area contributed by atoms with E-state index < -0.39 is 0 Å². The van der Waals surface area contributed by atoms with Crippen LogP contribution in [0.3, 0.4) is 0 Å². The summed E-state index contributed by atoms with van der Waals surface area (Å²) >= 11 is 0. The van der Waals surface area contributed by atoms with E-state index in [4.69, 9.17) is 10.8 Å². The second-order valence-corrected chi connectivity index (χ2v) is 3.68. The fourth-order valence-corrected chi connectivity index (χ4v) is 1.15. The number of nitrogens with two attached hydrogens (primary N) is 1. The highest BCUT2D eigenvalue weighted by Gasteiger charge is 2.07. The van der Waals surface area contributed by atoms with Crippen molar-refractivity contribution in [1.29, 1.82) is 0 Å². The Morgan fingerprint density at radius 2 is 2.31 bits per heavy atom. The predicted molar refractivity (Wildman–Crippen MR) is 51.1 cm³/mol. The molecule has 0 unspecified atom stereocenters. The number of nitrogens with zero attached hydrogens (tertiary/aromatic N) is 2. The minimum atomic E-state index is -0.305. The van der Waals surface area contributed by atoms with E-state index in [1.165, 1.54) is 0 Å². The van der Waals surface area contributed by atoms with E-state index in [-0.39, 0.29) is 12.6 Å². The second kappa shape index (κ2) is 4.39. The van der Waals surface area contributed by atoms with Gasteiger partial charge in [-0.05, 0) is 5.92 Å². The van der Waals surface area contributed by atoms with Crippen LogP contribution in [0.25, 0.3) is 0 Å². The maximum absolute atomic E-state index is 8.82. The van der Waals surface area contributed by atoms with Gasteiger partial charge in [0.2, 0.25) is 0 Å². The fourth-order valence-electron chi connectivity index (χ4n) is 1.15. The lowest BCUT2D eigenvalue weighted by Crippen LogP contribution is -2.13. The van der Waals surface area contributed by atoms with Crippen LogP contribution in [0.4, 0.5) is 0 Å². The van der Waals surface area contributed by atoms with Crippen molar-refractivity contribution < 1.29 is 5.11 Å². The zero-order valence-corrected chi connectivity index (χ0v) is 8.14. The Kier molecular flexibility index (Phi) is 3.45. The molecule has 4 heteroatoms. The van der Waals surface area contributed by atoms with E-state index in [1.54, 1.807) is 6.20 Å². The first-order chi connectivity index (χ1) is 6.13. The van der Waals surface area contributed by atoms with Crippen LogP contribution in [0.5, 0.6) is 0 Å². The van der Waals surface area contributed by atoms with Gasteiger partial charge in [0.25, 0.3) is 0 Å². The van der Waals surface area contributed by atoms with Gasteiger partial charge in [-0.25, -0.2) is 0 Å². The number of hydrogen-bond acceptors (Lipinski definition) is 3. The first kappa shape index (κ1) is 10.2. The third kappa shape index (κ3) is 2.82. The van der Waals surface area contributed by atoms with Gasteiger partial charge in [0, 0.05) is 18.3 Å². The van der Waals surface area contributed by atoms with E-state index in [0.29, 0.717) is 5.92 Å². The third-order valence-electron chi connectivity index (χ3n) is 1.83. The lowest BCUT2D eigenvalue weighted by Gasteiger charge is -2.05. The van der Waals surface area contributed by atoms with Gasteiger partial charge < -0.3 is 10.8 Å². The van der Waals surface area contributed by atoms with Gasteiger partial charge in [-0.3, -0.25) is 4.68 Å². The number of aliphatic hydroxyl groups excluding tert-OH is 1. The second-order valence-electron chi connectivity index (χ2n) is 3.68. The molecule has 0 aliphatic rings. The lowest BCUT2D eigenvalue weighted by atomic mass is 10.2. The van der Waals surface area contributed by atoms with Crippen LogP contribution in [0.1, 0.15) is 25.5 Å². The monoisotopic (exact) mass is 183 g/mol. The van der Waals surface area contributed by atoms with E-state index in [2.05, 4.69) is 18.9 Å². The Morgan fingerprint density at radius 1 is 1.62 bits per heavy atom. The molecular formula is C9H17N3O. The van der Waals surface area contributed by atoms with Gasteiger partial charge in [0.15, 0.2) is 0 Å². The van der Waals surface area contributed by atoms with Crippen LogP contribution >= 0.6 is 0 Å². The minimum absolute atomic E-state index is 0.0344. The summed E-state index contributed by atoms with van der Waals surface area (Å²) < 4.78 is 1.86. The van der Waals surface area contributed by atoms with Crippen LogP contribution in [0.2, 0.25) is 0 Å². The summed E-state index contributed by atoms with van der Waals surface area (Å²) in [4.78, 5) is 0. The Labute approximate surface area is 78.4 Å². The first-order valence-corrected chi connectivity index (χ1v) is 4.52. The van der Waals surface area contributed by atoms with E-state index in [0.717, 1.165) is 12.1 Å². The van der Waals surface area contributed by atoms with Crippen LogP contribution in [0, 0.1) is 5.92 Å². The van der Waals surface area contributed by atoms with E-state index >= 15 is 0 Å². The predicted octanol–water partition coefficient (Wildman–Crippen LogP) is 0.531. The summed E-state index contributed by atoms with van der Waals surface area (Å²) in [7, 11) is 0. The molecule has 1 heterocycles. The molecule has 74 valence electrons. The molecule has 0 aliphatic heterocycles. The van der Waals surface area contributed by atoms with Crippen LogP contribution in [-0.2, 0) is 6.54 Å². The summed E-state index contributed by atoms with van der Waals surface area (Å²) in [5, 5.41) is 13.0. The molecule has 4 nitrogen and oxygen atoms in total. The zero-order chi connectivity index (χ0) is 9.84. The average Bonchev–Trinajstić information content (AvgIpc) is 2.50. The largest absolute Gasteiger partial charge is 0.394 e. The highest BCUT2D eigenvalue weighted by molar-refractivity contribution is 5.09. The molecule has 0 saturated heterocycles. The van der Waals surface area contributed by atoms with E-state index in [1.807, 2.05) is 10.9 Å². The van der Waals surface area contributed by atoms with Gasteiger partial charge in [0.05, 0.1) is 18.8 Å². The van der Waals surface area contributed by atoms with Gasteiger partial charge in [-0.2, -0.15) is 5.10 Å². The van der Waals surface area contributed by atoms with Gasteiger partial charge in [-0.1, -0.05) is 13.8 Å². The molecule has 0 radical (unpaired) electrons. The average molecular weight is 183 g/mol. The Balaban J connectivity index is 2.63. The van der Waals surface area contributed by atoms with Crippen molar-refractivity contribution >= 4 is 0 Å². The molecule has 0 fully saturated rings. The smallest absolute Gasteiger partial charge is 0.0625 e. The van der Waals surface area contributed by atoms with Crippen molar-refractivity contribution in [1.82, 2.24) is 9.78 Å². The summed E-state index contributed by atoms with van der Waals surface area (Å²) in [5.41, 5.74) is 6.53. The number of aliphatic hydroxyl groups is 1. The molecule has 13 heavy (non-hydrogen) atoms. The molecule has 0 spiro atoms. The quantitative estimate of drug-likeness (QED) is 0.715. The number of hydrogen-bond donors (Lipinski definition) is 2.